The van der Waals surface area contributed by atoms with Crippen molar-refractivity contribution in [2.24, 2.45) is 5.10 Å². The van der Waals surface area contributed by atoms with Crippen molar-refractivity contribution in [2.75, 3.05) is 11.9 Å². The van der Waals surface area contributed by atoms with E-state index in [-0.39, 0.29) is 6.10 Å². The van der Waals surface area contributed by atoms with Crippen LogP contribution in [0, 0.1) is 4.77 Å². The molecule has 0 aliphatic carbocycles. The average Bonchev–Trinajstić information content (AvgIpc) is 3.35. The number of hydrogen-bond acceptors (Lipinski definition) is 7. The number of ether oxygens (including phenoxy) is 1. The molecule has 2 N–H and O–H groups in total. The maximum absolute atomic E-state index is 6.24. The summed E-state index contributed by atoms with van der Waals surface area (Å²) >= 11 is 12.9. The zero-order valence-electron chi connectivity index (χ0n) is 13.6. The molecule has 1 atom stereocenters. The van der Waals surface area contributed by atoms with Gasteiger partial charge in [0.2, 0.25) is 4.77 Å². The highest BCUT2D eigenvalue weighted by atomic mass is 35.5. The van der Waals surface area contributed by atoms with Crippen LogP contribution < -0.4 is 5.32 Å². The predicted octanol–water partition coefficient (Wildman–Crippen LogP) is 4.53. The van der Waals surface area contributed by atoms with E-state index >= 15 is 0 Å². The van der Waals surface area contributed by atoms with E-state index < -0.39 is 0 Å². The van der Waals surface area contributed by atoms with Crippen molar-refractivity contribution >= 4 is 52.2 Å². The Kier molecular flexibility index (Phi) is 5.11. The number of benzene rings is 1. The van der Waals surface area contributed by atoms with Crippen LogP contribution in [0.25, 0.3) is 0 Å². The first-order valence-electron chi connectivity index (χ1n) is 8.02. The largest absolute Gasteiger partial charge is 0.370 e. The van der Waals surface area contributed by atoms with Gasteiger partial charge in [0.05, 0.1) is 11.1 Å². The Labute approximate surface area is 163 Å². The molecule has 4 rings (SSSR count). The molecule has 2 aromatic heterocycles. The van der Waals surface area contributed by atoms with E-state index in [1.165, 1.54) is 11.3 Å². The molecular formula is C16H15ClN6OS2. The highest BCUT2D eigenvalue weighted by Crippen LogP contribution is 2.29. The lowest BCUT2D eigenvalue weighted by Gasteiger charge is -2.06. The van der Waals surface area contributed by atoms with Crippen LogP contribution in [0.5, 0.6) is 0 Å². The number of para-hydroxylation sites is 1. The van der Waals surface area contributed by atoms with Crippen LogP contribution in [0.4, 0.5) is 10.8 Å². The molecule has 3 aromatic rings. The van der Waals surface area contributed by atoms with Gasteiger partial charge in [0.1, 0.15) is 6.10 Å². The maximum Gasteiger partial charge on any atom is 0.216 e. The van der Waals surface area contributed by atoms with E-state index in [9.17, 15) is 0 Å². The van der Waals surface area contributed by atoms with Gasteiger partial charge in [0.25, 0.3) is 0 Å². The van der Waals surface area contributed by atoms with Gasteiger partial charge in [0.15, 0.2) is 16.1 Å². The van der Waals surface area contributed by atoms with E-state index in [4.69, 9.17) is 28.6 Å². The number of halogens is 1. The number of hydrogen-bond donors (Lipinski definition) is 2. The Hall–Kier alpha value is -2.07. The molecule has 0 amide bonds. The third-order valence-electron chi connectivity index (χ3n) is 3.82. The van der Waals surface area contributed by atoms with Crippen molar-refractivity contribution in [3.63, 3.8) is 0 Å². The smallest absolute Gasteiger partial charge is 0.216 e. The molecule has 7 nitrogen and oxygen atoms in total. The van der Waals surface area contributed by atoms with Crippen LogP contribution in [-0.2, 0) is 4.74 Å². The van der Waals surface area contributed by atoms with Crippen molar-refractivity contribution in [3.8, 4) is 0 Å². The molecule has 0 saturated carbocycles. The number of aromatic amines is 1. The molecule has 1 aliphatic heterocycles. The van der Waals surface area contributed by atoms with Crippen LogP contribution in [-0.4, -0.2) is 32.7 Å². The fraction of sp³-hybridized carbons (Fsp3) is 0.250. The molecule has 10 heteroatoms. The van der Waals surface area contributed by atoms with E-state index in [0.717, 1.165) is 30.0 Å². The third-order valence-corrected chi connectivity index (χ3v) is 5.39. The highest BCUT2D eigenvalue weighted by Gasteiger charge is 2.23. The topological polar surface area (TPSA) is 80.1 Å². The monoisotopic (exact) mass is 406 g/mol. The summed E-state index contributed by atoms with van der Waals surface area (Å²) in [5.74, 6) is 0.673. The quantitative estimate of drug-likeness (QED) is 0.480. The molecule has 1 aliphatic rings. The predicted molar refractivity (Wildman–Crippen MR) is 105 cm³/mol. The van der Waals surface area contributed by atoms with Gasteiger partial charge < -0.3 is 10.1 Å². The fourth-order valence-corrected chi connectivity index (χ4v) is 3.84. The molecule has 3 heterocycles. The molecule has 1 saturated heterocycles. The van der Waals surface area contributed by atoms with Crippen LogP contribution in [0.2, 0.25) is 5.15 Å². The summed E-state index contributed by atoms with van der Waals surface area (Å²) in [5.41, 5.74) is 0.944. The van der Waals surface area contributed by atoms with Crippen molar-refractivity contribution in [1.82, 2.24) is 19.9 Å². The normalized spacial score (nSPS) is 17.2. The van der Waals surface area contributed by atoms with Crippen molar-refractivity contribution < 1.29 is 4.74 Å². The lowest BCUT2D eigenvalue weighted by Crippen LogP contribution is -2.05. The zero-order valence-corrected chi connectivity index (χ0v) is 15.9. The van der Waals surface area contributed by atoms with Crippen LogP contribution in [0.1, 0.15) is 29.6 Å². The minimum absolute atomic E-state index is 0.0904. The molecule has 0 bridgehead atoms. The van der Waals surface area contributed by atoms with E-state index in [1.54, 1.807) is 10.9 Å². The summed E-state index contributed by atoms with van der Waals surface area (Å²) < 4.78 is 7.66. The van der Waals surface area contributed by atoms with Gasteiger partial charge in [-0.1, -0.05) is 41.1 Å². The van der Waals surface area contributed by atoms with Crippen molar-refractivity contribution in [3.05, 3.63) is 51.0 Å². The third kappa shape index (κ3) is 3.70. The molecular weight excluding hydrogens is 392 g/mol. The number of nitrogens with one attached hydrogen (secondary N) is 2. The van der Waals surface area contributed by atoms with Gasteiger partial charge in [-0.25, -0.2) is 4.98 Å². The molecule has 0 radical (unpaired) electrons. The van der Waals surface area contributed by atoms with E-state index in [1.807, 2.05) is 30.3 Å². The SMILES string of the molecule is S=c1[nH]nc([C@@H]2CCCO2)n1/N=C/c1sc(Nc2ccccc2)nc1Cl. The molecule has 0 unspecified atom stereocenters. The first-order chi connectivity index (χ1) is 12.7. The Morgan fingerprint density at radius 2 is 2.27 bits per heavy atom. The Morgan fingerprint density at radius 1 is 1.42 bits per heavy atom. The Balaban J connectivity index is 1.56. The maximum atomic E-state index is 6.24. The first-order valence-corrected chi connectivity index (χ1v) is 9.62. The summed E-state index contributed by atoms with van der Waals surface area (Å²) in [6.07, 6.45) is 3.46. The zero-order chi connectivity index (χ0) is 17.9. The Bertz CT molecular complexity index is 974. The minimum Gasteiger partial charge on any atom is -0.370 e. The number of nitrogens with zero attached hydrogens (tertiary/aromatic N) is 4. The summed E-state index contributed by atoms with van der Waals surface area (Å²) in [7, 11) is 0. The fourth-order valence-electron chi connectivity index (χ4n) is 2.61. The number of rotatable bonds is 5. The minimum atomic E-state index is -0.0904. The van der Waals surface area contributed by atoms with Crippen LogP contribution in [0.15, 0.2) is 35.4 Å². The summed E-state index contributed by atoms with van der Waals surface area (Å²) in [6.45, 7) is 0.725. The molecule has 0 spiro atoms. The van der Waals surface area contributed by atoms with Gasteiger partial charge in [-0.3, -0.25) is 5.10 Å². The van der Waals surface area contributed by atoms with Gasteiger partial charge in [-0.15, -0.1) is 0 Å². The summed E-state index contributed by atoms with van der Waals surface area (Å²) in [5, 5.41) is 15.7. The number of thiazole rings is 1. The van der Waals surface area contributed by atoms with Gasteiger partial charge in [0, 0.05) is 12.3 Å². The van der Waals surface area contributed by atoms with E-state index in [2.05, 4.69) is 25.6 Å². The van der Waals surface area contributed by atoms with Crippen LogP contribution >= 0.6 is 35.2 Å². The molecule has 1 fully saturated rings. The van der Waals surface area contributed by atoms with Gasteiger partial charge >= 0.3 is 0 Å². The van der Waals surface area contributed by atoms with Gasteiger partial charge in [-0.05, 0) is 37.2 Å². The number of anilines is 2. The van der Waals surface area contributed by atoms with Crippen LogP contribution in [0.3, 0.4) is 0 Å². The second kappa shape index (κ2) is 7.67. The standard InChI is InChI=1S/C16H15ClN6OS2/c17-13-12(26-15(20-13)19-10-5-2-1-3-6-10)9-18-23-14(21-22-16(23)25)11-7-4-8-24-11/h1-3,5-6,9,11H,4,7-8H2,(H,19,20)(H,22,25)/b18-9+/t11-/m0/s1. The highest BCUT2D eigenvalue weighted by molar-refractivity contribution is 7.71. The molecule has 1 aromatic carbocycles. The second-order valence-corrected chi connectivity index (χ2v) is 7.39. The molecule has 134 valence electrons. The Morgan fingerprint density at radius 3 is 3.04 bits per heavy atom. The number of H-pyrrole nitrogens is 1. The lowest BCUT2D eigenvalue weighted by atomic mass is 10.2. The van der Waals surface area contributed by atoms with Crippen molar-refractivity contribution in [1.29, 1.82) is 0 Å². The summed E-state index contributed by atoms with van der Waals surface area (Å²) in [6, 6.07) is 9.78. The van der Waals surface area contributed by atoms with E-state index in [0.29, 0.717) is 20.9 Å². The second-order valence-electron chi connectivity index (χ2n) is 5.61. The van der Waals surface area contributed by atoms with Gasteiger partial charge in [-0.2, -0.15) is 14.9 Å². The van der Waals surface area contributed by atoms with Crippen molar-refractivity contribution in [2.45, 2.75) is 18.9 Å². The average molecular weight is 407 g/mol. The summed E-state index contributed by atoms with van der Waals surface area (Å²) in [4.78, 5) is 5.05. The molecule has 26 heavy (non-hydrogen) atoms. The lowest BCUT2D eigenvalue weighted by molar-refractivity contribution is 0.102. The first kappa shape index (κ1) is 17.3. The number of aromatic nitrogens is 4.